The van der Waals surface area contributed by atoms with E-state index in [9.17, 15) is 0 Å². The Morgan fingerprint density at radius 2 is 2.08 bits per heavy atom. The van der Waals surface area contributed by atoms with E-state index in [1.54, 1.807) is 16.7 Å². The van der Waals surface area contributed by atoms with Crippen LogP contribution >= 0.6 is 0 Å². The topological polar surface area (TPSA) is 0 Å². The summed E-state index contributed by atoms with van der Waals surface area (Å²) in [6.45, 7) is 0. The average molecular weight is 170 g/mol. The molecule has 0 heterocycles. The van der Waals surface area contributed by atoms with Crippen molar-refractivity contribution >= 4 is 0 Å². The smallest absolute Gasteiger partial charge is 0.00887 e. The van der Waals surface area contributed by atoms with Gasteiger partial charge in [-0.3, -0.25) is 0 Å². The zero-order valence-electron chi connectivity index (χ0n) is 7.79. The first-order chi connectivity index (χ1) is 6.45. The van der Waals surface area contributed by atoms with Gasteiger partial charge in [0.15, 0.2) is 0 Å². The van der Waals surface area contributed by atoms with E-state index in [-0.39, 0.29) is 0 Å². The van der Waals surface area contributed by atoms with Gasteiger partial charge in [-0.1, -0.05) is 36.0 Å². The Bertz CT molecular complexity index is 350. The van der Waals surface area contributed by atoms with Gasteiger partial charge in [0, 0.05) is 5.92 Å². The van der Waals surface area contributed by atoms with E-state index in [1.165, 1.54) is 25.7 Å². The summed E-state index contributed by atoms with van der Waals surface area (Å²) in [5, 5.41) is 0. The maximum atomic E-state index is 2.46. The summed E-state index contributed by atoms with van der Waals surface area (Å²) >= 11 is 0. The molecule has 3 rings (SSSR count). The van der Waals surface area contributed by atoms with Crippen LogP contribution in [0.4, 0.5) is 0 Å². The minimum Gasteiger partial charge on any atom is -0.0836 e. The van der Waals surface area contributed by atoms with E-state index in [2.05, 4.69) is 30.4 Å². The Labute approximate surface area is 79.3 Å². The third kappa shape index (κ3) is 1.05. The van der Waals surface area contributed by atoms with Crippen LogP contribution in [0.25, 0.3) is 0 Å². The Morgan fingerprint density at radius 1 is 1.15 bits per heavy atom. The molecule has 1 atom stereocenters. The summed E-state index contributed by atoms with van der Waals surface area (Å²) in [4.78, 5) is 0. The molecule has 1 unspecified atom stereocenters. The number of allylic oxidation sites excluding steroid dienone is 8. The van der Waals surface area contributed by atoms with Gasteiger partial charge in [-0.2, -0.15) is 0 Å². The number of rotatable bonds is 0. The molecule has 0 spiro atoms. The lowest BCUT2D eigenvalue weighted by Crippen LogP contribution is -2.01. The van der Waals surface area contributed by atoms with E-state index in [4.69, 9.17) is 0 Å². The second-order valence-corrected chi connectivity index (χ2v) is 4.10. The van der Waals surface area contributed by atoms with Gasteiger partial charge in [-0.05, 0) is 36.8 Å². The van der Waals surface area contributed by atoms with E-state index in [0.29, 0.717) is 0 Å². The second-order valence-electron chi connectivity index (χ2n) is 4.10. The predicted octanol–water partition coefficient (Wildman–Crippen LogP) is 3.54. The summed E-state index contributed by atoms with van der Waals surface area (Å²) in [5.41, 5.74) is 4.90. The molecule has 3 aliphatic carbocycles. The summed E-state index contributed by atoms with van der Waals surface area (Å²) in [7, 11) is 0. The Balaban J connectivity index is 2.05. The summed E-state index contributed by atoms with van der Waals surface area (Å²) in [6, 6.07) is 0. The van der Waals surface area contributed by atoms with Gasteiger partial charge in [0.1, 0.15) is 0 Å². The molecule has 0 aromatic carbocycles. The molecule has 0 N–H and O–H groups in total. The summed E-state index contributed by atoms with van der Waals surface area (Å²) in [6.07, 6.45) is 16.7. The van der Waals surface area contributed by atoms with Gasteiger partial charge in [0.2, 0.25) is 0 Å². The van der Waals surface area contributed by atoms with Gasteiger partial charge >= 0.3 is 0 Å². The maximum Gasteiger partial charge on any atom is 0.00887 e. The first-order valence-electron chi connectivity index (χ1n) is 5.20. The maximum absolute atomic E-state index is 2.46. The van der Waals surface area contributed by atoms with Crippen molar-refractivity contribution < 1.29 is 0 Å². The standard InChI is InChI=1S/C13H14/c1-3-7-12-10(5-1)9-11-6-2-4-8-13(11)12/h1,3,5-6,8,12H,2,4,7,9H2. The highest BCUT2D eigenvalue weighted by atomic mass is 14.3. The van der Waals surface area contributed by atoms with Gasteiger partial charge in [-0.15, -0.1) is 0 Å². The highest BCUT2D eigenvalue weighted by Gasteiger charge is 2.30. The third-order valence-electron chi connectivity index (χ3n) is 3.33. The van der Waals surface area contributed by atoms with Crippen molar-refractivity contribution in [2.24, 2.45) is 5.92 Å². The SMILES string of the molecule is C1=CCC2C(=C1)CC1=CCCC=C12. The van der Waals surface area contributed by atoms with Gasteiger partial charge < -0.3 is 0 Å². The van der Waals surface area contributed by atoms with Crippen molar-refractivity contribution in [1.82, 2.24) is 0 Å². The largest absolute Gasteiger partial charge is 0.0836 e. The molecule has 0 radical (unpaired) electrons. The molecule has 0 saturated heterocycles. The quantitative estimate of drug-likeness (QED) is 0.521. The molecule has 0 aromatic heterocycles. The zero-order valence-corrected chi connectivity index (χ0v) is 7.79. The van der Waals surface area contributed by atoms with E-state index >= 15 is 0 Å². The fraction of sp³-hybridized carbons (Fsp3) is 0.385. The fourth-order valence-electron chi connectivity index (χ4n) is 2.69. The molecule has 66 valence electrons. The van der Waals surface area contributed by atoms with Crippen molar-refractivity contribution in [3.05, 3.63) is 47.1 Å². The van der Waals surface area contributed by atoms with Crippen molar-refractivity contribution in [2.45, 2.75) is 25.7 Å². The Kier molecular flexibility index (Phi) is 1.55. The Morgan fingerprint density at radius 3 is 3.08 bits per heavy atom. The van der Waals surface area contributed by atoms with Crippen molar-refractivity contribution in [3.63, 3.8) is 0 Å². The van der Waals surface area contributed by atoms with Gasteiger partial charge in [0.05, 0.1) is 0 Å². The highest BCUT2D eigenvalue weighted by molar-refractivity contribution is 5.51. The van der Waals surface area contributed by atoms with Crippen molar-refractivity contribution in [3.8, 4) is 0 Å². The molecule has 13 heavy (non-hydrogen) atoms. The van der Waals surface area contributed by atoms with Crippen LogP contribution in [-0.2, 0) is 0 Å². The molecule has 0 amide bonds. The molecule has 0 aromatic rings. The lowest BCUT2D eigenvalue weighted by atomic mass is 9.89. The fourth-order valence-corrected chi connectivity index (χ4v) is 2.69. The lowest BCUT2D eigenvalue weighted by molar-refractivity contribution is 0.753. The average Bonchev–Trinajstić information content (AvgIpc) is 2.56. The molecule has 3 aliphatic rings. The third-order valence-corrected chi connectivity index (χ3v) is 3.33. The van der Waals surface area contributed by atoms with E-state index in [0.717, 1.165) is 5.92 Å². The molecular formula is C13H14. The molecule has 0 heteroatoms. The minimum absolute atomic E-state index is 0.747. The Hall–Kier alpha value is -1.04. The zero-order chi connectivity index (χ0) is 8.67. The first-order valence-corrected chi connectivity index (χ1v) is 5.20. The summed E-state index contributed by atoms with van der Waals surface area (Å²) < 4.78 is 0. The van der Waals surface area contributed by atoms with Gasteiger partial charge in [-0.25, -0.2) is 0 Å². The summed E-state index contributed by atoms with van der Waals surface area (Å²) in [5.74, 6) is 0.747. The number of hydrogen-bond donors (Lipinski definition) is 0. The molecule has 1 saturated carbocycles. The van der Waals surface area contributed by atoms with Gasteiger partial charge in [0.25, 0.3) is 0 Å². The van der Waals surface area contributed by atoms with E-state index in [1.807, 2.05) is 0 Å². The molecule has 0 nitrogen and oxygen atoms in total. The van der Waals surface area contributed by atoms with Crippen LogP contribution in [0.3, 0.4) is 0 Å². The first kappa shape index (κ1) is 7.37. The van der Waals surface area contributed by atoms with Crippen LogP contribution in [0.2, 0.25) is 0 Å². The van der Waals surface area contributed by atoms with E-state index < -0.39 is 0 Å². The highest BCUT2D eigenvalue weighted by Crippen LogP contribution is 2.45. The molecule has 0 bridgehead atoms. The number of hydrogen-bond acceptors (Lipinski definition) is 0. The van der Waals surface area contributed by atoms with Crippen molar-refractivity contribution in [2.75, 3.05) is 0 Å². The number of fused-ring (bicyclic) bond motifs is 3. The molecule has 1 fully saturated rings. The molecule has 0 aliphatic heterocycles. The lowest BCUT2D eigenvalue weighted by Gasteiger charge is -2.16. The van der Waals surface area contributed by atoms with Crippen molar-refractivity contribution in [1.29, 1.82) is 0 Å². The van der Waals surface area contributed by atoms with Crippen LogP contribution < -0.4 is 0 Å². The monoisotopic (exact) mass is 170 g/mol. The van der Waals surface area contributed by atoms with Crippen LogP contribution in [0.5, 0.6) is 0 Å². The normalized spacial score (nSPS) is 30.2. The van der Waals surface area contributed by atoms with Crippen LogP contribution in [0, 0.1) is 5.92 Å². The van der Waals surface area contributed by atoms with Crippen LogP contribution in [0.1, 0.15) is 25.7 Å². The van der Waals surface area contributed by atoms with Crippen LogP contribution in [0.15, 0.2) is 47.1 Å². The van der Waals surface area contributed by atoms with Crippen LogP contribution in [-0.4, -0.2) is 0 Å². The second kappa shape index (κ2) is 2.73. The minimum atomic E-state index is 0.747. The predicted molar refractivity (Wildman–Crippen MR) is 55.3 cm³/mol. The molecular weight excluding hydrogens is 156 g/mol.